The number of halogens is 4. The largest absolute Gasteiger partial charge is 0.573 e. The van der Waals surface area contributed by atoms with Gasteiger partial charge in [0.2, 0.25) is 10.0 Å². The van der Waals surface area contributed by atoms with E-state index in [1.54, 1.807) is 14.0 Å². The Hall–Kier alpha value is -2.08. The maximum Gasteiger partial charge on any atom is 0.573 e. The molecular formula is C19H17ClF3N3O3S2. The Morgan fingerprint density at radius 3 is 2.48 bits per heavy atom. The first kappa shape index (κ1) is 22.1. The standard InChI is InChI=1S/C19H17ClF3N3O3S2/c1-11-17(18(20)25(2)24-11)31(27,28)26-9-7-15-14(8-10-30-15)16(26)12-3-5-13(6-4-12)29-19(21,22)23/h3-6,8,10,16H,7,9H2,1-2H3/t16-/m1/s1. The molecule has 6 nitrogen and oxygen atoms in total. The lowest BCUT2D eigenvalue weighted by Crippen LogP contribution is -2.40. The van der Waals surface area contributed by atoms with Crippen LogP contribution in [0.1, 0.15) is 27.7 Å². The summed E-state index contributed by atoms with van der Waals surface area (Å²) in [5, 5.41) is 5.98. The van der Waals surface area contributed by atoms with Crippen LogP contribution < -0.4 is 4.74 Å². The smallest absolute Gasteiger partial charge is 0.406 e. The molecule has 0 radical (unpaired) electrons. The number of hydrogen-bond acceptors (Lipinski definition) is 5. The maximum absolute atomic E-state index is 13.6. The van der Waals surface area contributed by atoms with E-state index in [9.17, 15) is 21.6 Å². The lowest BCUT2D eigenvalue weighted by molar-refractivity contribution is -0.274. The number of sulfonamides is 1. The Kier molecular flexibility index (Phi) is 5.57. The minimum absolute atomic E-state index is 0.00120. The first-order chi connectivity index (χ1) is 14.5. The second-order valence-electron chi connectivity index (χ2n) is 7.01. The Labute approximate surface area is 185 Å². The van der Waals surface area contributed by atoms with Gasteiger partial charge in [0.05, 0.1) is 11.7 Å². The maximum atomic E-state index is 13.6. The van der Waals surface area contributed by atoms with E-state index in [0.717, 1.165) is 10.4 Å². The van der Waals surface area contributed by atoms with Gasteiger partial charge in [0, 0.05) is 18.5 Å². The van der Waals surface area contributed by atoms with Crippen LogP contribution in [-0.2, 0) is 23.5 Å². The van der Waals surface area contributed by atoms with Crippen molar-refractivity contribution in [3.63, 3.8) is 0 Å². The summed E-state index contributed by atoms with van der Waals surface area (Å²) in [4.78, 5) is 0.957. The van der Waals surface area contributed by atoms with Crippen LogP contribution in [0.2, 0.25) is 5.15 Å². The molecule has 0 bridgehead atoms. The number of alkyl halides is 3. The molecule has 0 N–H and O–H groups in total. The Morgan fingerprint density at radius 1 is 1.23 bits per heavy atom. The highest BCUT2D eigenvalue weighted by atomic mass is 35.5. The van der Waals surface area contributed by atoms with Crippen molar-refractivity contribution in [1.82, 2.24) is 14.1 Å². The van der Waals surface area contributed by atoms with Crippen molar-refractivity contribution in [3.8, 4) is 5.75 Å². The second-order valence-corrected chi connectivity index (χ2v) is 10.2. The second kappa shape index (κ2) is 7.80. The molecule has 3 heterocycles. The molecule has 0 fully saturated rings. The third-order valence-corrected chi connectivity index (χ3v) is 8.58. The molecule has 4 rings (SSSR count). The first-order valence-corrected chi connectivity index (χ1v) is 11.8. The molecule has 12 heteroatoms. The molecule has 0 saturated heterocycles. The number of hydrogen-bond donors (Lipinski definition) is 0. The van der Waals surface area contributed by atoms with Crippen molar-refractivity contribution in [1.29, 1.82) is 0 Å². The highest BCUT2D eigenvalue weighted by molar-refractivity contribution is 7.89. The summed E-state index contributed by atoms with van der Waals surface area (Å²) in [6.45, 7) is 1.77. The van der Waals surface area contributed by atoms with E-state index >= 15 is 0 Å². The van der Waals surface area contributed by atoms with Gasteiger partial charge in [-0.05, 0) is 48.1 Å². The van der Waals surface area contributed by atoms with Crippen molar-refractivity contribution in [3.05, 3.63) is 62.6 Å². The van der Waals surface area contributed by atoms with Gasteiger partial charge in [0.1, 0.15) is 15.8 Å². The highest BCUT2D eigenvalue weighted by Gasteiger charge is 2.41. The molecule has 0 saturated carbocycles. The summed E-state index contributed by atoms with van der Waals surface area (Å²) in [6.07, 6.45) is -4.29. The first-order valence-electron chi connectivity index (χ1n) is 9.12. The SMILES string of the molecule is Cc1nn(C)c(Cl)c1S(=O)(=O)N1CCc2sccc2[C@H]1c1ccc(OC(F)(F)F)cc1. The molecule has 1 atom stereocenters. The number of nitrogens with zero attached hydrogens (tertiary/aromatic N) is 3. The lowest BCUT2D eigenvalue weighted by atomic mass is 9.95. The van der Waals surface area contributed by atoms with Crippen LogP contribution in [0.3, 0.4) is 0 Å². The molecule has 1 aliphatic heterocycles. The summed E-state index contributed by atoms with van der Waals surface area (Å²) in [6, 6.07) is 6.37. The van der Waals surface area contributed by atoms with Gasteiger partial charge in [0.15, 0.2) is 0 Å². The number of rotatable bonds is 4. The topological polar surface area (TPSA) is 64.4 Å². The van der Waals surface area contributed by atoms with Crippen molar-refractivity contribution < 1.29 is 26.3 Å². The number of thiophene rings is 1. The molecule has 1 aliphatic rings. The van der Waals surface area contributed by atoms with E-state index in [0.29, 0.717) is 12.0 Å². The molecule has 3 aromatic rings. The monoisotopic (exact) mass is 491 g/mol. The van der Waals surface area contributed by atoms with Gasteiger partial charge in [0.25, 0.3) is 0 Å². The van der Waals surface area contributed by atoms with Crippen molar-refractivity contribution >= 4 is 33.0 Å². The van der Waals surface area contributed by atoms with Crippen LogP contribution in [-0.4, -0.2) is 35.4 Å². The van der Waals surface area contributed by atoms with Gasteiger partial charge >= 0.3 is 6.36 Å². The molecule has 1 aromatic carbocycles. The van der Waals surface area contributed by atoms with Gasteiger partial charge in [-0.25, -0.2) is 8.42 Å². The number of aryl methyl sites for hydroxylation is 2. The molecule has 0 aliphatic carbocycles. The van der Waals surface area contributed by atoms with Crippen LogP contribution in [0.25, 0.3) is 0 Å². The van der Waals surface area contributed by atoms with Crippen molar-refractivity contribution in [2.45, 2.75) is 30.6 Å². The van der Waals surface area contributed by atoms with Gasteiger partial charge in [-0.3, -0.25) is 4.68 Å². The van der Waals surface area contributed by atoms with E-state index in [-0.39, 0.29) is 28.0 Å². The fourth-order valence-electron chi connectivity index (χ4n) is 3.77. The summed E-state index contributed by atoms with van der Waals surface area (Å²) in [5.41, 5.74) is 1.59. The van der Waals surface area contributed by atoms with Crippen LogP contribution in [0.4, 0.5) is 13.2 Å². The zero-order valence-corrected chi connectivity index (χ0v) is 18.7. The van der Waals surface area contributed by atoms with Gasteiger partial charge in [-0.2, -0.15) is 9.40 Å². The predicted molar refractivity (Wildman–Crippen MR) is 110 cm³/mol. The number of aromatic nitrogens is 2. The number of fused-ring (bicyclic) bond motifs is 1. The minimum Gasteiger partial charge on any atom is -0.406 e. The summed E-state index contributed by atoms with van der Waals surface area (Å²) in [5.74, 6) is -0.377. The van der Waals surface area contributed by atoms with Crippen molar-refractivity contribution in [2.75, 3.05) is 6.54 Å². The van der Waals surface area contributed by atoms with Crippen LogP contribution in [0.15, 0.2) is 40.6 Å². The Bertz CT molecular complexity index is 1220. The summed E-state index contributed by atoms with van der Waals surface area (Å²) < 4.78 is 71.3. The van der Waals surface area contributed by atoms with Gasteiger partial charge in [-0.1, -0.05) is 23.7 Å². The van der Waals surface area contributed by atoms with Crippen LogP contribution in [0, 0.1) is 6.92 Å². The number of ether oxygens (including phenoxy) is 1. The molecule has 0 spiro atoms. The normalized spacial score (nSPS) is 17.5. The molecule has 31 heavy (non-hydrogen) atoms. The Morgan fingerprint density at radius 2 is 1.90 bits per heavy atom. The predicted octanol–water partition coefficient (Wildman–Crippen LogP) is 4.68. The van der Waals surface area contributed by atoms with E-state index in [2.05, 4.69) is 9.84 Å². The Balaban J connectivity index is 1.80. The van der Waals surface area contributed by atoms with Gasteiger partial charge in [-0.15, -0.1) is 24.5 Å². The highest BCUT2D eigenvalue weighted by Crippen LogP contribution is 2.42. The van der Waals surface area contributed by atoms with E-state index in [1.807, 2.05) is 11.4 Å². The molecule has 166 valence electrons. The fraction of sp³-hybridized carbons (Fsp3) is 0.316. The number of benzene rings is 1. The molecule has 2 aromatic heterocycles. The van der Waals surface area contributed by atoms with E-state index in [4.69, 9.17) is 11.6 Å². The average molecular weight is 492 g/mol. The third-order valence-electron chi connectivity index (χ3n) is 5.02. The zero-order chi connectivity index (χ0) is 22.6. The van der Waals surface area contributed by atoms with Crippen LogP contribution in [0.5, 0.6) is 5.75 Å². The lowest BCUT2D eigenvalue weighted by Gasteiger charge is -2.35. The molecule has 0 unspecified atom stereocenters. The minimum atomic E-state index is -4.81. The zero-order valence-electron chi connectivity index (χ0n) is 16.4. The molecular weight excluding hydrogens is 475 g/mol. The molecule has 0 amide bonds. The van der Waals surface area contributed by atoms with E-state index in [1.165, 1.54) is 44.6 Å². The van der Waals surface area contributed by atoms with Gasteiger partial charge < -0.3 is 4.74 Å². The summed E-state index contributed by atoms with van der Waals surface area (Å²) >= 11 is 7.76. The third kappa shape index (κ3) is 4.07. The summed E-state index contributed by atoms with van der Waals surface area (Å²) in [7, 11) is -2.49. The van der Waals surface area contributed by atoms with Crippen LogP contribution >= 0.6 is 22.9 Å². The van der Waals surface area contributed by atoms with E-state index < -0.39 is 22.4 Å². The van der Waals surface area contributed by atoms with Crippen molar-refractivity contribution in [2.24, 2.45) is 7.05 Å². The average Bonchev–Trinajstić information content (AvgIpc) is 3.24. The fourth-order valence-corrected chi connectivity index (χ4v) is 6.98. The quantitative estimate of drug-likeness (QED) is 0.531.